The van der Waals surface area contributed by atoms with E-state index in [9.17, 15) is 0 Å². The van der Waals surface area contributed by atoms with Crippen LogP contribution in [0.3, 0.4) is 0 Å². The highest BCUT2D eigenvalue weighted by Crippen LogP contribution is 2.13. The topological polar surface area (TPSA) is 12.4 Å². The van der Waals surface area contributed by atoms with E-state index in [-0.39, 0.29) is 0 Å². The van der Waals surface area contributed by atoms with Crippen LogP contribution in [0.4, 0.5) is 0 Å². The molecule has 0 amide bonds. The third kappa shape index (κ3) is 2.14. The maximum absolute atomic E-state index is 4.12. The van der Waals surface area contributed by atoms with E-state index in [1.807, 2.05) is 6.21 Å². The maximum atomic E-state index is 4.12. The van der Waals surface area contributed by atoms with E-state index >= 15 is 0 Å². The molecule has 0 aromatic carbocycles. The minimum absolute atomic E-state index is 0.439. The molecule has 0 saturated heterocycles. The molecule has 0 aliphatic carbocycles. The van der Waals surface area contributed by atoms with Gasteiger partial charge < -0.3 is 0 Å². The van der Waals surface area contributed by atoms with E-state index in [1.165, 1.54) is 5.75 Å². The van der Waals surface area contributed by atoms with Gasteiger partial charge in [0, 0.05) is 12.0 Å². The van der Waals surface area contributed by atoms with Crippen LogP contribution >= 0.6 is 10.5 Å². The maximum Gasteiger partial charge on any atom is 0.0799 e. The van der Waals surface area contributed by atoms with Gasteiger partial charge in [0.2, 0.25) is 0 Å². The fourth-order valence-corrected chi connectivity index (χ4v) is 1.92. The Balaban J connectivity index is 2.30. The fourth-order valence-electron chi connectivity index (χ4n) is 0.639. The Kier molecular flexibility index (Phi) is 2.71. The summed E-state index contributed by atoms with van der Waals surface area (Å²) in [7, 11) is 0.439. The van der Waals surface area contributed by atoms with Gasteiger partial charge in [0.15, 0.2) is 0 Å². The normalized spacial score (nSPS) is 25.2. The van der Waals surface area contributed by atoms with Crippen LogP contribution in [-0.4, -0.2) is 23.2 Å². The lowest BCUT2D eigenvalue weighted by Crippen LogP contribution is -1.76. The van der Waals surface area contributed by atoms with Gasteiger partial charge in [-0.05, 0) is 12.3 Å². The Bertz CT molecular complexity index is 168. The van der Waals surface area contributed by atoms with Gasteiger partial charge in [-0.25, -0.2) is 0 Å². The molecule has 1 atom stereocenters. The number of hydrogen-bond donors (Lipinski definition) is 0. The summed E-state index contributed by atoms with van der Waals surface area (Å²) in [5.41, 5.74) is 0. The van der Waals surface area contributed by atoms with Crippen LogP contribution in [0, 0.1) is 0 Å². The molecule has 1 aliphatic heterocycles. The summed E-state index contributed by atoms with van der Waals surface area (Å²) < 4.78 is 0. The number of aliphatic imine (C=N–C) groups is 1. The van der Waals surface area contributed by atoms with Crippen molar-refractivity contribution in [1.82, 2.24) is 0 Å². The zero-order chi connectivity index (χ0) is 6.53. The summed E-state index contributed by atoms with van der Waals surface area (Å²) in [6.07, 6.45) is 6.22. The van der Waals surface area contributed by atoms with Gasteiger partial charge in [-0.3, -0.25) is 4.99 Å². The van der Waals surface area contributed by atoms with Crippen LogP contribution in [0.2, 0.25) is 0 Å². The molecule has 1 heterocycles. The molecule has 2 heteroatoms. The van der Waals surface area contributed by atoms with Crippen LogP contribution in [0.1, 0.15) is 6.92 Å². The average Bonchev–Trinajstić information content (AvgIpc) is 2.34. The van der Waals surface area contributed by atoms with Crippen molar-refractivity contribution in [3.8, 4) is 0 Å². The van der Waals surface area contributed by atoms with E-state index in [0.717, 1.165) is 5.88 Å². The first kappa shape index (κ1) is 6.75. The van der Waals surface area contributed by atoms with Crippen LogP contribution in [0.5, 0.6) is 0 Å². The molecule has 1 aliphatic rings. The summed E-state index contributed by atoms with van der Waals surface area (Å²) in [4.78, 5) is 4.12. The molecule has 9 heavy (non-hydrogen) atoms. The van der Waals surface area contributed by atoms with Crippen molar-refractivity contribution in [3.63, 3.8) is 0 Å². The standard InChI is InChI=1S/C7H11NS/c1-2-3-5-9-6-4-8-7-9/h2-4,6H,5,7H2,1H3. The van der Waals surface area contributed by atoms with Crippen LogP contribution in [-0.2, 0) is 0 Å². The molecule has 1 unspecified atom stereocenters. The largest absolute Gasteiger partial charge is 0.282 e. The van der Waals surface area contributed by atoms with E-state index < -0.39 is 0 Å². The zero-order valence-electron chi connectivity index (χ0n) is 5.58. The summed E-state index contributed by atoms with van der Waals surface area (Å²) in [5, 5.41) is 2.19. The van der Waals surface area contributed by atoms with Gasteiger partial charge in [0.25, 0.3) is 0 Å². The second kappa shape index (κ2) is 3.62. The highest BCUT2D eigenvalue weighted by molar-refractivity contribution is 8.16. The molecule has 0 spiro atoms. The highest BCUT2D eigenvalue weighted by Gasteiger charge is 1.92. The van der Waals surface area contributed by atoms with Crippen molar-refractivity contribution in [2.24, 2.45) is 4.99 Å². The van der Waals surface area contributed by atoms with Crippen molar-refractivity contribution in [2.45, 2.75) is 6.92 Å². The van der Waals surface area contributed by atoms with Crippen LogP contribution in [0.25, 0.3) is 0 Å². The number of allylic oxidation sites excluding steroid dienone is 1. The molecule has 0 bridgehead atoms. The predicted molar refractivity (Wildman–Crippen MR) is 46.7 cm³/mol. The second-order valence-electron chi connectivity index (χ2n) is 1.87. The fraction of sp³-hybridized carbons (Fsp3) is 0.429. The van der Waals surface area contributed by atoms with Gasteiger partial charge in [0.05, 0.1) is 5.88 Å². The minimum Gasteiger partial charge on any atom is -0.282 e. The van der Waals surface area contributed by atoms with Gasteiger partial charge >= 0.3 is 0 Å². The lowest BCUT2D eigenvalue weighted by Gasteiger charge is -1.93. The Morgan fingerprint density at radius 2 is 2.67 bits per heavy atom. The van der Waals surface area contributed by atoms with Gasteiger partial charge in [0.1, 0.15) is 0 Å². The molecule has 1 nitrogen and oxygen atoms in total. The van der Waals surface area contributed by atoms with Gasteiger partial charge in [-0.2, -0.15) is 10.5 Å². The van der Waals surface area contributed by atoms with Crippen molar-refractivity contribution in [1.29, 1.82) is 0 Å². The molecule has 0 saturated carbocycles. The lowest BCUT2D eigenvalue weighted by atomic mass is 10.6. The summed E-state index contributed by atoms with van der Waals surface area (Å²) >= 11 is 0. The average molecular weight is 141 g/mol. The Labute approximate surface area is 58.4 Å². The third-order valence-electron chi connectivity index (χ3n) is 1.15. The van der Waals surface area contributed by atoms with E-state index in [1.54, 1.807) is 0 Å². The quantitative estimate of drug-likeness (QED) is 0.410. The summed E-state index contributed by atoms with van der Waals surface area (Å²) in [6, 6.07) is 0. The monoisotopic (exact) mass is 141 g/mol. The molecule has 1 rings (SSSR count). The van der Waals surface area contributed by atoms with E-state index in [2.05, 4.69) is 29.4 Å². The number of nitrogens with zero attached hydrogens (tertiary/aromatic N) is 1. The molecule has 0 aromatic rings. The third-order valence-corrected chi connectivity index (χ3v) is 2.75. The van der Waals surface area contributed by atoms with Crippen LogP contribution in [0.15, 0.2) is 17.1 Å². The zero-order valence-corrected chi connectivity index (χ0v) is 6.40. The Morgan fingerprint density at radius 3 is 3.22 bits per heavy atom. The first-order valence-corrected chi connectivity index (χ1v) is 4.67. The van der Waals surface area contributed by atoms with Crippen molar-refractivity contribution < 1.29 is 0 Å². The summed E-state index contributed by atoms with van der Waals surface area (Å²) in [5.74, 6) is 2.20. The van der Waals surface area contributed by atoms with Crippen molar-refractivity contribution in [3.05, 3.63) is 12.2 Å². The van der Waals surface area contributed by atoms with E-state index in [4.69, 9.17) is 0 Å². The SMILES string of the molecule is CC=CCS1=CC=NC1. The molecular weight excluding hydrogens is 130 g/mol. The first-order chi connectivity index (χ1) is 4.43. The van der Waals surface area contributed by atoms with Crippen molar-refractivity contribution >= 4 is 22.1 Å². The first-order valence-electron chi connectivity index (χ1n) is 3.04. The molecule has 0 fully saturated rings. The lowest BCUT2D eigenvalue weighted by molar-refractivity contribution is 1.41. The minimum atomic E-state index is 0.439. The van der Waals surface area contributed by atoms with Gasteiger partial charge in [-0.15, -0.1) is 0 Å². The number of hydrogen-bond acceptors (Lipinski definition) is 1. The predicted octanol–water partition coefficient (Wildman–Crippen LogP) is 1.68. The van der Waals surface area contributed by atoms with Gasteiger partial charge in [-0.1, -0.05) is 12.2 Å². The van der Waals surface area contributed by atoms with Crippen molar-refractivity contribution in [2.75, 3.05) is 11.6 Å². The summed E-state index contributed by atoms with van der Waals surface area (Å²) in [6.45, 7) is 2.06. The Morgan fingerprint density at radius 1 is 1.78 bits per heavy atom. The van der Waals surface area contributed by atoms with Crippen LogP contribution < -0.4 is 0 Å². The Hall–Kier alpha value is -0.370. The molecular formula is C7H11NS. The van der Waals surface area contributed by atoms with E-state index in [0.29, 0.717) is 10.5 Å². The molecule has 50 valence electrons. The smallest absolute Gasteiger partial charge is 0.0799 e. The molecule has 0 N–H and O–H groups in total. The molecule has 0 radical (unpaired) electrons. The molecule has 0 aromatic heterocycles. The number of rotatable bonds is 2. The highest BCUT2D eigenvalue weighted by atomic mass is 32.2. The second-order valence-corrected chi connectivity index (χ2v) is 3.81.